The zero-order valence-corrected chi connectivity index (χ0v) is 20.0. The Balaban J connectivity index is 1.48. The van der Waals surface area contributed by atoms with Gasteiger partial charge in [-0.2, -0.15) is 0 Å². The standard InChI is InChI=1S/C31H35NO/c1-22-6-3-4-8-28(22)30-9-5-7-25-21-27(33-2)16-17-29(25)31(30)20-24-12-10-23(11-13-24)18-19-32-26-14-15-26/h3-4,6,8,10-13,16-17,21,26,32H,5,7,9,14-15,18-20H2,1-2H3. The number of aryl methyl sites for hydroxylation is 2. The van der Waals surface area contributed by atoms with Crippen LogP contribution in [0.5, 0.6) is 5.75 Å². The summed E-state index contributed by atoms with van der Waals surface area (Å²) < 4.78 is 5.55. The predicted molar refractivity (Wildman–Crippen MR) is 139 cm³/mol. The largest absolute Gasteiger partial charge is 0.497 e. The molecule has 2 aliphatic rings. The third-order valence-electron chi connectivity index (χ3n) is 7.17. The van der Waals surface area contributed by atoms with Gasteiger partial charge in [-0.25, -0.2) is 0 Å². The molecule has 0 radical (unpaired) electrons. The summed E-state index contributed by atoms with van der Waals surface area (Å²) in [5.74, 6) is 0.955. The summed E-state index contributed by atoms with van der Waals surface area (Å²) in [5, 5.41) is 3.62. The molecule has 0 heterocycles. The summed E-state index contributed by atoms with van der Waals surface area (Å²) in [6.45, 7) is 3.33. The average molecular weight is 438 g/mol. The first kappa shape index (κ1) is 22.0. The van der Waals surface area contributed by atoms with Gasteiger partial charge in [-0.15, -0.1) is 0 Å². The minimum atomic E-state index is 0.782. The van der Waals surface area contributed by atoms with Gasteiger partial charge in [0.2, 0.25) is 0 Å². The van der Waals surface area contributed by atoms with Crippen LogP contribution in [-0.4, -0.2) is 19.7 Å². The Hall–Kier alpha value is -2.84. The third kappa shape index (κ3) is 5.23. The smallest absolute Gasteiger partial charge is 0.119 e. The Labute approximate surface area is 198 Å². The van der Waals surface area contributed by atoms with E-state index in [9.17, 15) is 0 Å². The average Bonchev–Trinajstić information content (AvgIpc) is 3.68. The molecule has 0 aromatic heterocycles. The van der Waals surface area contributed by atoms with Crippen molar-refractivity contribution in [2.24, 2.45) is 0 Å². The van der Waals surface area contributed by atoms with Crippen LogP contribution < -0.4 is 10.1 Å². The van der Waals surface area contributed by atoms with E-state index in [1.165, 1.54) is 63.8 Å². The van der Waals surface area contributed by atoms with E-state index >= 15 is 0 Å². The number of nitrogens with one attached hydrogen (secondary N) is 1. The highest BCUT2D eigenvalue weighted by Crippen LogP contribution is 2.39. The topological polar surface area (TPSA) is 21.3 Å². The number of rotatable bonds is 8. The summed E-state index contributed by atoms with van der Waals surface area (Å²) in [5.41, 5.74) is 11.4. The quantitative estimate of drug-likeness (QED) is 0.419. The normalized spacial score (nSPS) is 15.8. The van der Waals surface area contributed by atoms with E-state index in [1.54, 1.807) is 7.11 Å². The van der Waals surface area contributed by atoms with E-state index in [0.29, 0.717) is 0 Å². The summed E-state index contributed by atoms with van der Waals surface area (Å²) >= 11 is 0. The molecule has 170 valence electrons. The van der Waals surface area contributed by atoms with Crippen molar-refractivity contribution in [3.63, 3.8) is 0 Å². The van der Waals surface area contributed by atoms with Crippen LogP contribution in [0.4, 0.5) is 0 Å². The maximum Gasteiger partial charge on any atom is 0.119 e. The predicted octanol–water partition coefficient (Wildman–Crippen LogP) is 6.79. The number of benzene rings is 3. The van der Waals surface area contributed by atoms with Crippen LogP contribution in [0, 0.1) is 6.92 Å². The first-order valence-corrected chi connectivity index (χ1v) is 12.5. The first-order valence-electron chi connectivity index (χ1n) is 12.5. The van der Waals surface area contributed by atoms with Crippen molar-refractivity contribution in [2.45, 2.75) is 57.9 Å². The number of allylic oxidation sites excluding steroid dienone is 2. The molecule has 33 heavy (non-hydrogen) atoms. The molecule has 1 N–H and O–H groups in total. The minimum Gasteiger partial charge on any atom is -0.497 e. The molecule has 2 aliphatic carbocycles. The van der Waals surface area contributed by atoms with Crippen molar-refractivity contribution in [2.75, 3.05) is 13.7 Å². The second-order valence-electron chi connectivity index (χ2n) is 9.62. The van der Waals surface area contributed by atoms with E-state index in [0.717, 1.165) is 44.0 Å². The zero-order valence-electron chi connectivity index (χ0n) is 20.0. The number of ether oxygens (including phenoxy) is 1. The molecular weight excluding hydrogens is 402 g/mol. The van der Waals surface area contributed by atoms with Crippen LogP contribution in [0.2, 0.25) is 0 Å². The van der Waals surface area contributed by atoms with E-state index in [2.05, 4.69) is 79.0 Å². The van der Waals surface area contributed by atoms with Gasteiger partial charge in [0.1, 0.15) is 5.75 Å². The van der Waals surface area contributed by atoms with Gasteiger partial charge in [0, 0.05) is 6.04 Å². The molecule has 1 fully saturated rings. The molecule has 0 atom stereocenters. The van der Waals surface area contributed by atoms with Crippen molar-refractivity contribution >= 4 is 11.1 Å². The Morgan fingerprint density at radius 1 is 0.879 bits per heavy atom. The molecular formula is C31H35NO. The number of hydrogen-bond donors (Lipinski definition) is 1. The summed E-state index contributed by atoms with van der Waals surface area (Å²) in [7, 11) is 1.76. The lowest BCUT2D eigenvalue weighted by Gasteiger charge is -2.18. The molecule has 1 saturated carbocycles. The van der Waals surface area contributed by atoms with Crippen molar-refractivity contribution in [3.8, 4) is 5.75 Å². The second-order valence-corrected chi connectivity index (χ2v) is 9.62. The van der Waals surface area contributed by atoms with Crippen LogP contribution in [0.1, 0.15) is 59.1 Å². The highest BCUT2D eigenvalue weighted by molar-refractivity contribution is 5.94. The first-order chi connectivity index (χ1) is 16.2. The lowest BCUT2D eigenvalue weighted by atomic mass is 9.87. The van der Waals surface area contributed by atoms with Crippen LogP contribution in [-0.2, 0) is 19.3 Å². The van der Waals surface area contributed by atoms with E-state index < -0.39 is 0 Å². The molecule has 0 amide bonds. The Kier molecular flexibility index (Phi) is 6.64. The fourth-order valence-electron chi connectivity index (χ4n) is 5.11. The SMILES string of the molecule is COc1ccc2c(c1)CCCC(c1ccccc1C)=C2Cc1ccc(CCNC2CC2)cc1. The van der Waals surface area contributed by atoms with Crippen LogP contribution in [0.25, 0.3) is 11.1 Å². The minimum absolute atomic E-state index is 0.782. The van der Waals surface area contributed by atoms with Gasteiger partial charge in [0.25, 0.3) is 0 Å². The molecule has 3 aromatic rings. The summed E-state index contributed by atoms with van der Waals surface area (Å²) in [4.78, 5) is 0. The van der Waals surface area contributed by atoms with Gasteiger partial charge >= 0.3 is 0 Å². The summed E-state index contributed by atoms with van der Waals surface area (Å²) in [6, 6.07) is 25.6. The van der Waals surface area contributed by atoms with Crippen LogP contribution in [0.3, 0.4) is 0 Å². The monoisotopic (exact) mass is 437 g/mol. The maximum absolute atomic E-state index is 5.55. The van der Waals surface area contributed by atoms with Gasteiger partial charge < -0.3 is 10.1 Å². The number of methoxy groups -OCH3 is 1. The Morgan fingerprint density at radius 3 is 2.42 bits per heavy atom. The molecule has 2 nitrogen and oxygen atoms in total. The van der Waals surface area contributed by atoms with Crippen LogP contribution in [0.15, 0.2) is 66.7 Å². The van der Waals surface area contributed by atoms with Crippen molar-refractivity contribution in [3.05, 3.63) is 100 Å². The second kappa shape index (κ2) is 9.97. The molecule has 0 bridgehead atoms. The lowest BCUT2D eigenvalue weighted by Crippen LogP contribution is -2.19. The highest BCUT2D eigenvalue weighted by atomic mass is 16.5. The Morgan fingerprint density at radius 2 is 1.67 bits per heavy atom. The summed E-state index contributed by atoms with van der Waals surface area (Å²) in [6.07, 6.45) is 8.15. The molecule has 0 aliphatic heterocycles. The third-order valence-corrected chi connectivity index (χ3v) is 7.17. The fraction of sp³-hybridized carbons (Fsp3) is 0.355. The fourth-order valence-corrected chi connectivity index (χ4v) is 5.11. The number of hydrogen-bond acceptors (Lipinski definition) is 2. The highest BCUT2D eigenvalue weighted by Gasteiger charge is 2.21. The molecule has 3 aromatic carbocycles. The van der Waals surface area contributed by atoms with Gasteiger partial charge in [-0.1, -0.05) is 54.6 Å². The van der Waals surface area contributed by atoms with E-state index in [4.69, 9.17) is 4.74 Å². The van der Waals surface area contributed by atoms with Crippen molar-refractivity contribution < 1.29 is 4.74 Å². The Bertz CT molecular complexity index is 1140. The maximum atomic E-state index is 5.55. The molecule has 2 heteroatoms. The van der Waals surface area contributed by atoms with Gasteiger partial charge in [0.05, 0.1) is 7.11 Å². The van der Waals surface area contributed by atoms with Gasteiger partial charge in [-0.3, -0.25) is 0 Å². The number of fused-ring (bicyclic) bond motifs is 1. The van der Waals surface area contributed by atoms with Crippen LogP contribution >= 0.6 is 0 Å². The molecule has 5 rings (SSSR count). The van der Waals surface area contributed by atoms with Crippen molar-refractivity contribution in [1.82, 2.24) is 5.32 Å². The van der Waals surface area contributed by atoms with Crippen molar-refractivity contribution in [1.29, 1.82) is 0 Å². The van der Waals surface area contributed by atoms with Gasteiger partial charge in [0.15, 0.2) is 0 Å². The zero-order chi connectivity index (χ0) is 22.6. The van der Waals surface area contributed by atoms with E-state index in [1.807, 2.05) is 0 Å². The molecule has 0 saturated heterocycles. The lowest BCUT2D eigenvalue weighted by molar-refractivity contribution is 0.414. The molecule has 0 spiro atoms. The van der Waals surface area contributed by atoms with E-state index in [-0.39, 0.29) is 0 Å². The molecule has 0 unspecified atom stereocenters. The van der Waals surface area contributed by atoms with Gasteiger partial charge in [-0.05, 0) is 115 Å².